The Bertz CT molecular complexity index is 758. The number of thiophene rings is 1. The van der Waals surface area contributed by atoms with E-state index < -0.39 is 5.97 Å². The molecular formula is C18H21N3O2S. The summed E-state index contributed by atoms with van der Waals surface area (Å²) in [7, 11) is 0. The number of aromatic nitrogens is 2. The van der Waals surface area contributed by atoms with Crippen LogP contribution in [0.3, 0.4) is 0 Å². The normalized spacial score (nSPS) is 14.8. The third kappa shape index (κ3) is 3.19. The summed E-state index contributed by atoms with van der Waals surface area (Å²) < 4.78 is 0. The maximum Gasteiger partial charge on any atom is 0.336 e. The van der Waals surface area contributed by atoms with Gasteiger partial charge >= 0.3 is 5.97 Å². The van der Waals surface area contributed by atoms with Crippen LogP contribution in [0.4, 0.5) is 5.95 Å². The lowest BCUT2D eigenvalue weighted by Crippen LogP contribution is -2.32. The van der Waals surface area contributed by atoms with Crippen LogP contribution in [0, 0.1) is 6.92 Å². The minimum atomic E-state index is -0.841. The van der Waals surface area contributed by atoms with Crippen molar-refractivity contribution < 1.29 is 9.90 Å². The van der Waals surface area contributed by atoms with Crippen molar-refractivity contribution in [3.8, 4) is 0 Å². The first-order valence-corrected chi connectivity index (χ1v) is 9.04. The van der Waals surface area contributed by atoms with Gasteiger partial charge in [0, 0.05) is 35.7 Å². The van der Waals surface area contributed by atoms with E-state index in [0.29, 0.717) is 5.56 Å². The largest absolute Gasteiger partial charge is 0.478 e. The number of aromatic carboxylic acids is 1. The molecule has 1 saturated heterocycles. The van der Waals surface area contributed by atoms with Crippen molar-refractivity contribution in [3.63, 3.8) is 0 Å². The van der Waals surface area contributed by atoms with E-state index in [1.165, 1.54) is 11.1 Å². The number of carboxylic acids is 1. The van der Waals surface area contributed by atoms with Crippen molar-refractivity contribution in [2.45, 2.75) is 33.1 Å². The second-order valence-electron chi connectivity index (χ2n) is 5.88. The molecule has 0 bridgehead atoms. The fourth-order valence-corrected chi connectivity index (χ4v) is 4.46. The molecule has 0 aliphatic carbocycles. The number of rotatable bonds is 4. The Morgan fingerprint density at radius 2 is 1.96 bits per heavy atom. The van der Waals surface area contributed by atoms with Crippen LogP contribution in [0.1, 0.15) is 47.0 Å². The van der Waals surface area contributed by atoms with Crippen molar-refractivity contribution in [2.24, 2.45) is 0 Å². The molecule has 2 aromatic rings. The molecule has 24 heavy (non-hydrogen) atoms. The number of hydrogen-bond donors (Lipinski definition) is 1. The molecule has 0 aromatic carbocycles. The molecular weight excluding hydrogens is 322 g/mol. The Morgan fingerprint density at radius 1 is 1.29 bits per heavy atom. The van der Waals surface area contributed by atoms with E-state index in [2.05, 4.69) is 21.8 Å². The van der Waals surface area contributed by atoms with E-state index in [1.54, 1.807) is 29.1 Å². The van der Waals surface area contributed by atoms with Crippen LogP contribution in [0.5, 0.6) is 0 Å². The topological polar surface area (TPSA) is 66.3 Å². The SMILES string of the molecule is CCC(=C1CCN(c2ncccn2)CC1)c1scc(C(=O)O)c1C. The number of piperidine rings is 1. The Balaban J connectivity index is 1.82. The number of allylic oxidation sites excluding steroid dienone is 1. The summed E-state index contributed by atoms with van der Waals surface area (Å²) in [6.45, 7) is 5.87. The number of nitrogens with zero attached hydrogens (tertiary/aromatic N) is 3. The summed E-state index contributed by atoms with van der Waals surface area (Å²) in [6.07, 6.45) is 6.42. The molecule has 0 unspecified atom stereocenters. The zero-order valence-electron chi connectivity index (χ0n) is 14.0. The van der Waals surface area contributed by atoms with Gasteiger partial charge in [-0.2, -0.15) is 0 Å². The number of carbonyl (C=O) groups is 1. The van der Waals surface area contributed by atoms with Crippen molar-refractivity contribution in [3.05, 3.63) is 45.4 Å². The molecule has 3 heterocycles. The van der Waals surface area contributed by atoms with E-state index in [-0.39, 0.29) is 0 Å². The van der Waals surface area contributed by atoms with Gasteiger partial charge in [0.15, 0.2) is 0 Å². The third-order valence-electron chi connectivity index (χ3n) is 4.53. The van der Waals surface area contributed by atoms with Crippen molar-refractivity contribution in [1.82, 2.24) is 9.97 Å². The van der Waals surface area contributed by atoms with Crippen molar-refractivity contribution >= 4 is 28.8 Å². The smallest absolute Gasteiger partial charge is 0.336 e. The fourth-order valence-electron chi connectivity index (χ4n) is 3.23. The molecule has 1 N–H and O–H groups in total. The highest BCUT2D eigenvalue weighted by molar-refractivity contribution is 7.11. The van der Waals surface area contributed by atoms with Crippen LogP contribution >= 0.6 is 11.3 Å². The molecule has 3 rings (SSSR count). The number of hydrogen-bond acceptors (Lipinski definition) is 5. The summed E-state index contributed by atoms with van der Waals surface area (Å²) in [6, 6.07) is 1.83. The monoisotopic (exact) mass is 343 g/mol. The zero-order chi connectivity index (χ0) is 17.1. The molecule has 1 fully saturated rings. The summed E-state index contributed by atoms with van der Waals surface area (Å²) in [4.78, 5) is 23.3. The summed E-state index contributed by atoms with van der Waals surface area (Å²) in [5, 5.41) is 11.0. The molecule has 0 saturated carbocycles. The second-order valence-corrected chi connectivity index (χ2v) is 6.76. The Morgan fingerprint density at radius 3 is 2.50 bits per heavy atom. The minimum Gasteiger partial charge on any atom is -0.478 e. The van der Waals surface area contributed by atoms with E-state index >= 15 is 0 Å². The number of carboxylic acid groups (broad SMARTS) is 1. The second kappa shape index (κ2) is 7.13. The molecule has 1 aliphatic heterocycles. The van der Waals surface area contributed by atoms with Crippen LogP contribution in [0.2, 0.25) is 0 Å². The maximum atomic E-state index is 11.3. The minimum absolute atomic E-state index is 0.427. The van der Waals surface area contributed by atoms with E-state index in [1.807, 2.05) is 13.0 Å². The van der Waals surface area contributed by atoms with Crippen LogP contribution < -0.4 is 4.90 Å². The predicted molar refractivity (Wildman–Crippen MR) is 96.7 cm³/mol. The average Bonchev–Trinajstić information content (AvgIpc) is 2.99. The first-order chi connectivity index (χ1) is 11.6. The standard InChI is InChI=1S/C18H21N3O2S/c1-3-14(16-12(2)15(11-24-16)17(22)23)13-5-9-21(10-6-13)18-19-7-4-8-20-18/h4,7-8,11H,3,5-6,9-10H2,1-2H3,(H,22,23). The van der Waals surface area contributed by atoms with Gasteiger partial charge in [-0.25, -0.2) is 14.8 Å². The predicted octanol–water partition coefficient (Wildman–Crippen LogP) is 4.01. The van der Waals surface area contributed by atoms with Gasteiger partial charge in [0.05, 0.1) is 5.56 Å². The van der Waals surface area contributed by atoms with Gasteiger partial charge in [-0.15, -0.1) is 11.3 Å². The Hall–Kier alpha value is -2.21. The molecule has 5 nitrogen and oxygen atoms in total. The molecule has 0 radical (unpaired) electrons. The molecule has 0 spiro atoms. The first kappa shape index (κ1) is 16.6. The molecule has 6 heteroatoms. The van der Waals surface area contributed by atoms with E-state index in [0.717, 1.165) is 48.7 Å². The summed E-state index contributed by atoms with van der Waals surface area (Å²) in [5.74, 6) is -0.0541. The summed E-state index contributed by atoms with van der Waals surface area (Å²) >= 11 is 1.55. The molecule has 126 valence electrons. The van der Waals surface area contributed by atoms with Crippen LogP contribution in [0.15, 0.2) is 29.4 Å². The third-order valence-corrected chi connectivity index (χ3v) is 5.67. The van der Waals surface area contributed by atoms with Crippen LogP contribution in [0.25, 0.3) is 5.57 Å². The molecule has 0 amide bonds. The van der Waals surface area contributed by atoms with Gasteiger partial charge in [0.1, 0.15) is 0 Å². The lowest BCUT2D eigenvalue weighted by Gasteiger charge is -2.29. The number of anilines is 1. The highest BCUT2D eigenvalue weighted by Gasteiger charge is 2.22. The summed E-state index contributed by atoms with van der Waals surface area (Å²) in [5.41, 5.74) is 4.08. The average molecular weight is 343 g/mol. The van der Waals surface area contributed by atoms with Crippen molar-refractivity contribution in [2.75, 3.05) is 18.0 Å². The molecule has 0 atom stereocenters. The Labute approximate surface area is 145 Å². The van der Waals surface area contributed by atoms with Crippen LogP contribution in [-0.2, 0) is 0 Å². The molecule has 1 aliphatic rings. The first-order valence-electron chi connectivity index (χ1n) is 8.16. The van der Waals surface area contributed by atoms with Gasteiger partial charge in [-0.1, -0.05) is 12.5 Å². The van der Waals surface area contributed by atoms with Gasteiger partial charge in [0.25, 0.3) is 0 Å². The van der Waals surface area contributed by atoms with E-state index in [4.69, 9.17) is 0 Å². The van der Waals surface area contributed by atoms with Crippen molar-refractivity contribution in [1.29, 1.82) is 0 Å². The highest BCUT2D eigenvalue weighted by atomic mass is 32.1. The van der Waals surface area contributed by atoms with Gasteiger partial charge < -0.3 is 10.0 Å². The fraction of sp³-hybridized carbons (Fsp3) is 0.389. The maximum absolute atomic E-state index is 11.3. The molecule has 2 aromatic heterocycles. The highest BCUT2D eigenvalue weighted by Crippen LogP contribution is 2.36. The van der Waals surface area contributed by atoms with Gasteiger partial charge in [0.2, 0.25) is 5.95 Å². The quantitative estimate of drug-likeness (QED) is 0.908. The Kier molecular flexibility index (Phi) is 4.94. The van der Waals surface area contributed by atoms with Gasteiger partial charge in [-0.05, 0) is 43.4 Å². The van der Waals surface area contributed by atoms with Gasteiger partial charge in [-0.3, -0.25) is 0 Å². The van der Waals surface area contributed by atoms with Crippen LogP contribution in [-0.4, -0.2) is 34.1 Å². The lowest BCUT2D eigenvalue weighted by molar-refractivity contribution is 0.0696. The lowest BCUT2D eigenvalue weighted by atomic mass is 9.93. The zero-order valence-corrected chi connectivity index (χ0v) is 14.8. The van der Waals surface area contributed by atoms with E-state index in [9.17, 15) is 9.90 Å².